The molecule has 0 saturated carbocycles. The Bertz CT molecular complexity index is 206. The summed E-state index contributed by atoms with van der Waals surface area (Å²) in [6.07, 6.45) is 2.12. The van der Waals surface area contributed by atoms with E-state index < -0.39 is 22.3 Å². The molecule has 0 aromatic heterocycles. The van der Waals surface area contributed by atoms with Crippen LogP contribution in [0, 0.1) is 0 Å². The van der Waals surface area contributed by atoms with Gasteiger partial charge in [-0.25, -0.2) is 0 Å². The maximum atomic E-state index is 11.1. The Hall–Kier alpha value is -0.300. The summed E-state index contributed by atoms with van der Waals surface area (Å²) < 4.78 is 28.5. The van der Waals surface area contributed by atoms with Gasteiger partial charge in [0.05, 0.1) is 6.61 Å². The zero-order valence-electron chi connectivity index (χ0n) is 8.14. The molecule has 1 heterocycles. The standard InChI is InChI=1S/C8H16O5S/c1-2-4-7(9)13-8-5-3-6-12-14(8,10)11/h8,10-11H,2-6H2,1H3. The highest BCUT2D eigenvalue weighted by Gasteiger charge is 2.36. The van der Waals surface area contributed by atoms with Gasteiger partial charge < -0.3 is 13.8 Å². The molecule has 1 aliphatic heterocycles. The van der Waals surface area contributed by atoms with E-state index in [1.165, 1.54) is 0 Å². The molecule has 0 aromatic rings. The van der Waals surface area contributed by atoms with Crippen LogP contribution in [0.1, 0.15) is 32.6 Å². The Kier molecular flexibility index (Phi) is 4.18. The van der Waals surface area contributed by atoms with Crippen molar-refractivity contribution in [2.24, 2.45) is 0 Å². The molecule has 1 atom stereocenters. The SMILES string of the molecule is CCCC(=O)OC1CCCOS1(O)O. The molecule has 1 rings (SSSR count). The zero-order chi connectivity index (χ0) is 10.6. The molecule has 6 heteroatoms. The van der Waals surface area contributed by atoms with Crippen molar-refractivity contribution in [3.8, 4) is 0 Å². The Morgan fingerprint density at radius 1 is 1.64 bits per heavy atom. The maximum absolute atomic E-state index is 11.1. The third-order valence-electron chi connectivity index (χ3n) is 1.90. The first kappa shape index (κ1) is 11.8. The van der Waals surface area contributed by atoms with Gasteiger partial charge in [-0.3, -0.25) is 8.98 Å². The monoisotopic (exact) mass is 224 g/mol. The van der Waals surface area contributed by atoms with E-state index in [0.717, 1.165) is 0 Å². The maximum Gasteiger partial charge on any atom is 0.307 e. The Balaban J connectivity index is 2.45. The lowest BCUT2D eigenvalue weighted by Gasteiger charge is -2.37. The average molecular weight is 224 g/mol. The van der Waals surface area contributed by atoms with E-state index in [1.54, 1.807) is 0 Å². The van der Waals surface area contributed by atoms with E-state index in [9.17, 15) is 13.9 Å². The third-order valence-corrected chi connectivity index (χ3v) is 3.43. The quantitative estimate of drug-likeness (QED) is 0.718. The molecule has 0 aromatic carbocycles. The molecular formula is C8H16O5S. The zero-order valence-corrected chi connectivity index (χ0v) is 8.96. The topological polar surface area (TPSA) is 76.0 Å². The summed E-state index contributed by atoms with van der Waals surface area (Å²) in [6, 6.07) is 0. The molecule has 84 valence electrons. The first-order valence-electron chi connectivity index (χ1n) is 4.67. The van der Waals surface area contributed by atoms with Crippen LogP contribution >= 0.6 is 10.9 Å². The molecule has 1 saturated heterocycles. The Morgan fingerprint density at radius 2 is 2.36 bits per heavy atom. The summed E-state index contributed by atoms with van der Waals surface area (Å²) in [6.45, 7) is 2.17. The Labute approximate surface area is 85.0 Å². The summed E-state index contributed by atoms with van der Waals surface area (Å²) in [5, 5.41) is 0. The number of carbonyl (C=O) groups excluding carboxylic acids is 1. The van der Waals surface area contributed by atoms with Crippen LogP contribution in [-0.4, -0.2) is 27.1 Å². The molecule has 0 amide bonds. The van der Waals surface area contributed by atoms with Crippen LogP contribution < -0.4 is 0 Å². The summed E-state index contributed by atoms with van der Waals surface area (Å²) in [7, 11) is -3.18. The number of hydrogen-bond acceptors (Lipinski definition) is 5. The minimum atomic E-state index is -3.18. The minimum Gasteiger partial charge on any atom is -0.446 e. The molecule has 2 N–H and O–H groups in total. The van der Waals surface area contributed by atoms with Crippen LogP contribution in [0.25, 0.3) is 0 Å². The van der Waals surface area contributed by atoms with E-state index in [1.807, 2.05) is 6.92 Å². The van der Waals surface area contributed by atoms with Crippen molar-refractivity contribution in [3.63, 3.8) is 0 Å². The van der Waals surface area contributed by atoms with Crippen molar-refractivity contribution in [2.45, 2.75) is 38.0 Å². The second kappa shape index (κ2) is 4.97. The number of hydrogen-bond donors (Lipinski definition) is 2. The van der Waals surface area contributed by atoms with E-state index in [2.05, 4.69) is 0 Å². The van der Waals surface area contributed by atoms with Gasteiger partial charge in [-0.15, -0.1) is 0 Å². The molecule has 0 bridgehead atoms. The molecule has 1 fully saturated rings. The van der Waals surface area contributed by atoms with Crippen LogP contribution in [0.15, 0.2) is 0 Å². The predicted molar refractivity (Wildman–Crippen MR) is 52.8 cm³/mol. The highest BCUT2D eigenvalue weighted by Crippen LogP contribution is 2.50. The molecule has 14 heavy (non-hydrogen) atoms. The van der Waals surface area contributed by atoms with E-state index >= 15 is 0 Å². The summed E-state index contributed by atoms with van der Waals surface area (Å²) in [5.41, 5.74) is -0.879. The summed E-state index contributed by atoms with van der Waals surface area (Å²) >= 11 is 0. The summed E-state index contributed by atoms with van der Waals surface area (Å²) in [5.74, 6) is -0.400. The lowest BCUT2D eigenvalue weighted by molar-refractivity contribution is -0.147. The van der Waals surface area contributed by atoms with E-state index in [-0.39, 0.29) is 0 Å². The van der Waals surface area contributed by atoms with Crippen LogP contribution in [0.3, 0.4) is 0 Å². The van der Waals surface area contributed by atoms with Gasteiger partial charge in [-0.2, -0.15) is 0 Å². The molecule has 1 unspecified atom stereocenters. The van der Waals surface area contributed by atoms with Crippen molar-refractivity contribution in [3.05, 3.63) is 0 Å². The van der Waals surface area contributed by atoms with Gasteiger partial charge in [0, 0.05) is 12.8 Å². The first-order chi connectivity index (χ1) is 6.56. The van der Waals surface area contributed by atoms with Crippen molar-refractivity contribution < 1.29 is 22.8 Å². The number of rotatable bonds is 3. The second-order valence-electron chi connectivity index (χ2n) is 3.17. The van der Waals surface area contributed by atoms with Crippen LogP contribution in [-0.2, 0) is 13.7 Å². The van der Waals surface area contributed by atoms with E-state index in [4.69, 9.17) is 8.92 Å². The van der Waals surface area contributed by atoms with Gasteiger partial charge in [0.15, 0.2) is 5.44 Å². The molecule has 5 nitrogen and oxygen atoms in total. The van der Waals surface area contributed by atoms with Gasteiger partial charge >= 0.3 is 5.97 Å². The third kappa shape index (κ3) is 3.13. The number of ether oxygens (including phenoxy) is 1. The average Bonchev–Trinajstić information content (AvgIpc) is 2.09. The fraction of sp³-hybridized carbons (Fsp3) is 0.875. The van der Waals surface area contributed by atoms with Crippen molar-refractivity contribution in [1.29, 1.82) is 0 Å². The van der Waals surface area contributed by atoms with Crippen LogP contribution in [0.4, 0.5) is 0 Å². The first-order valence-corrected chi connectivity index (χ1v) is 6.20. The largest absolute Gasteiger partial charge is 0.446 e. The molecule has 0 radical (unpaired) electrons. The van der Waals surface area contributed by atoms with Gasteiger partial charge in [-0.1, -0.05) is 6.92 Å². The molecule has 0 spiro atoms. The highest BCUT2D eigenvalue weighted by molar-refractivity contribution is 8.20. The fourth-order valence-electron chi connectivity index (χ4n) is 1.19. The lowest BCUT2D eigenvalue weighted by atomic mass is 10.3. The van der Waals surface area contributed by atoms with Gasteiger partial charge in [0.2, 0.25) is 0 Å². The molecular weight excluding hydrogens is 208 g/mol. The molecule has 1 aliphatic rings. The second-order valence-corrected chi connectivity index (χ2v) is 5.01. The van der Waals surface area contributed by atoms with Crippen molar-refractivity contribution in [2.75, 3.05) is 6.61 Å². The summed E-state index contributed by atoms with van der Waals surface area (Å²) in [4.78, 5) is 11.1. The lowest BCUT2D eigenvalue weighted by Crippen LogP contribution is -2.30. The van der Waals surface area contributed by atoms with Gasteiger partial charge in [0.1, 0.15) is 10.9 Å². The molecule has 0 aliphatic carbocycles. The van der Waals surface area contributed by atoms with Crippen molar-refractivity contribution >= 4 is 16.8 Å². The van der Waals surface area contributed by atoms with E-state index in [0.29, 0.717) is 32.3 Å². The smallest absolute Gasteiger partial charge is 0.307 e. The predicted octanol–water partition coefficient (Wildman–Crippen LogP) is 2.13. The number of esters is 1. The fourth-order valence-corrected chi connectivity index (χ4v) is 2.41. The highest BCUT2D eigenvalue weighted by atomic mass is 32.3. The number of carbonyl (C=O) groups is 1. The van der Waals surface area contributed by atoms with Crippen LogP contribution in [0.2, 0.25) is 0 Å². The minimum absolute atomic E-state index is 0.298. The van der Waals surface area contributed by atoms with Gasteiger partial charge in [0.25, 0.3) is 0 Å². The Morgan fingerprint density at radius 3 is 2.93 bits per heavy atom. The van der Waals surface area contributed by atoms with Crippen LogP contribution in [0.5, 0.6) is 0 Å². The normalized spacial score (nSPS) is 28.1. The van der Waals surface area contributed by atoms with Crippen molar-refractivity contribution in [1.82, 2.24) is 0 Å². The van der Waals surface area contributed by atoms with Gasteiger partial charge in [-0.05, 0) is 12.8 Å².